The van der Waals surface area contributed by atoms with Crippen LogP contribution in [0.3, 0.4) is 0 Å². The highest BCUT2D eigenvalue weighted by molar-refractivity contribution is 9.13. The van der Waals surface area contributed by atoms with Crippen molar-refractivity contribution in [3.05, 3.63) is 12.2 Å². The van der Waals surface area contributed by atoms with Crippen molar-refractivity contribution in [2.24, 2.45) is 21.7 Å². The van der Waals surface area contributed by atoms with Crippen LogP contribution >= 0.6 is 63.7 Å². The van der Waals surface area contributed by atoms with E-state index in [2.05, 4.69) is 104 Å². The molecule has 0 aliphatic heterocycles. The standard InChI is InChI=1S/C20H24Br4O2/c1-15(2)13(25)19(23)9-7-17(15,11(19)21)5-6-18-8-10-20(24,12(18)22)14(26)16(18,3)4/h5-6,11-12H,7-10H2,1-4H3/b6-5+/t11-,12+,17-,18-,19+,20-/m0/s1. The van der Waals surface area contributed by atoms with E-state index in [0.29, 0.717) is 11.6 Å². The number of halogens is 4. The maximum Gasteiger partial charge on any atom is 0.157 e. The molecule has 4 fully saturated rings. The molecule has 6 heteroatoms. The lowest BCUT2D eigenvalue weighted by atomic mass is 9.60. The molecule has 0 amide bonds. The highest BCUT2D eigenvalue weighted by atomic mass is 79.9. The van der Waals surface area contributed by atoms with Gasteiger partial charge in [-0.2, -0.15) is 0 Å². The maximum atomic E-state index is 13.1. The van der Waals surface area contributed by atoms with Crippen molar-refractivity contribution in [1.29, 1.82) is 0 Å². The molecule has 0 saturated heterocycles. The molecule has 6 atom stereocenters. The Bertz CT molecular complexity index is 697. The molecule has 0 radical (unpaired) electrons. The van der Waals surface area contributed by atoms with Crippen molar-refractivity contribution >= 4 is 75.3 Å². The van der Waals surface area contributed by atoms with Crippen molar-refractivity contribution in [2.45, 2.75) is 71.7 Å². The molecule has 0 aromatic rings. The number of hydrogen-bond acceptors (Lipinski definition) is 2. The molecular weight excluding hydrogens is 592 g/mol. The fourth-order valence-electron chi connectivity index (χ4n) is 6.33. The number of ketones is 2. The maximum absolute atomic E-state index is 13.1. The van der Waals surface area contributed by atoms with Crippen LogP contribution in [0, 0.1) is 21.7 Å². The van der Waals surface area contributed by atoms with Gasteiger partial charge in [-0.1, -0.05) is 104 Å². The van der Waals surface area contributed by atoms with Gasteiger partial charge in [-0.25, -0.2) is 0 Å². The average Bonchev–Trinajstić information content (AvgIpc) is 3.06. The first-order chi connectivity index (χ1) is 11.7. The summed E-state index contributed by atoms with van der Waals surface area (Å²) in [4.78, 5) is 26.3. The quantitative estimate of drug-likeness (QED) is 0.277. The fourth-order valence-corrected chi connectivity index (χ4v) is 11.3. The third-order valence-electron chi connectivity index (χ3n) is 8.41. The summed E-state index contributed by atoms with van der Waals surface area (Å²) in [7, 11) is 0. The average molecular weight is 616 g/mol. The summed E-state index contributed by atoms with van der Waals surface area (Å²) in [6.45, 7) is 8.31. The minimum absolute atomic E-state index is 0.0711. The summed E-state index contributed by atoms with van der Waals surface area (Å²) in [6, 6.07) is 0. The predicted molar refractivity (Wildman–Crippen MR) is 119 cm³/mol. The molecule has 0 aromatic heterocycles. The molecule has 0 heterocycles. The third kappa shape index (κ3) is 1.86. The Kier molecular flexibility index (Phi) is 4.19. The van der Waals surface area contributed by atoms with E-state index in [1.165, 1.54) is 0 Å². The first-order valence-corrected chi connectivity index (χ1v) is 12.6. The van der Waals surface area contributed by atoms with Crippen LogP contribution in [0.5, 0.6) is 0 Å². The minimum atomic E-state index is -0.470. The molecule has 4 bridgehead atoms. The van der Waals surface area contributed by atoms with Gasteiger partial charge in [0.15, 0.2) is 11.6 Å². The van der Waals surface area contributed by atoms with E-state index in [0.717, 1.165) is 25.7 Å². The van der Waals surface area contributed by atoms with Gasteiger partial charge in [0.1, 0.15) is 0 Å². The van der Waals surface area contributed by atoms with Gasteiger partial charge in [0.25, 0.3) is 0 Å². The van der Waals surface area contributed by atoms with Crippen molar-refractivity contribution in [3.63, 3.8) is 0 Å². The van der Waals surface area contributed by atoms with Crippen LogP contribution in [-0.2, 0) is 9.59 Å². The number of carbonyl (C=O) groups is 2. The van der Waals surface area contributed by atoms with E-state index in [1.807, 2.05) is 0 Å². The number of carbonyl (C=O) groups excluding carboxylic acids is 2. The van der Waals surface area contributed by atoms with E-state index in [4.69, 9.17) is 0 Å². The second-order valence-electron chi connectivity index (χ2n) is 9.77. The van der Waals surface area contributed by atoms with Gasteiger partial charge in [-0.05, 0) is 25.7 Å². The minimum Gasteiger partial charge on any atom is -0.297 e. The van der Waals surface area contributed by atoms with Gasteiger partial charge in [0, 0.05) is 31.3 Å². The van der Waals surface area contributed by atoms with Gasteiger partial charge in [-0.15, -0.1) is 0 Å². The normalized spacial score (nSPS) is 54.0. The van der Waals surface area contributed by atoms with E-state index >= 15 is 0 Å². The molecule has 4 saturated carbocycles. The highest BCUT2D eigenvalue weighted by Gasteiger charge is 2.76. The Hall–Kier alpha value is 1.000. The van der Waals surface area contributed by atoms with E-state index in [-0.39, 0.29) is 20.5 Å². The second kappa shape index (κ2) is 5.37. The molecule has 0 N–H and O–H groups in total. The molecule has 4 rings (SSSR count). The molecule has 4 aliphatic rings. The Morgan fingerprint density at radius 2 is 1.04 bits per heavy atom. The summed E-state index contributed by atoms with van der Waals surface area (Å²) < 4.78 is -0.940. The second-order valence-corrected chi connectivity index (χ2v) is 14.4. The largest absolute Gasteiger partial charge is 0.297 e. The number of fused-ring (bicyclic) bond motifs is 4. The Balaban J connectivity index is 1.82. The van der Waals surface area contributed by atoms with Crippen molar-refractivity contribution in [2.75, 3.05) is 0 Å². The summed E-state index contributed by atoms with van der Waals surface area (Å²) in [5.74, 6) is 0.581. The first-order valence-electron chi connectivity index (χ1n) is 9.20. The van der Waals surface area contributed by atoms with Crippen LogP contribution < -0.4 is 0 Å². The van der Waals surface area contributed by atoms with Gasteiger partial charge >= 0.3 is 0 Å². The van der Waals surface area contributed by atoms with E-state index in [1.54, 1.807) is 0 Å². The summed E-state index contributed by atoms with van der Waals surface area (Å²) in [5, 5.41) is 0. The Morgan fingerprint density at radius 3 is 1.27 bits per heavy atom. The van der Waals surface area contributed by atoms with Crippen LogP contribution in [0.4, 0.5) is 0 Å². The van der Waals surface area contributed by atoms with E-state index < -0.39 is 19.5 Å². The highest BCUT2D eigenvalue weighted by Crippen LogP contribution is 2.73. The SMILES string of the molecule is CC1(C)C(=O)[C@]2(Br)CC[C@@]1(/C=C/[C@@]13CC[C@](Br)(C(=O)C1(C)C)[C@H]3Br)[C@H]2Br. The van der Waals surface area contributed by atoms with Crippen molar-refractivity contribution in [1.82, 2.24) is 0 Å². The molecule has 26 heavy (non-hydrogen) atoms. The van der Waals surface area contributed by atoms with Crippen molar-refractivity contribution < 1.29 is 9.59 Å². The van der Waals surface area contributed by atoms with Gasteiger partial charge in [0.2, 0.25) is 0 Å². The molecule has 2 nitrogen and oxygen atoms in total. The molecule has 0 aromatic carbocycles. The van der Waals surface area contributed by atoms with E-state index in [9.17, 15) is 9.59 Å². The lowest BCUT2D eigenvalue weighted by Gasteiger charge is -2.43. The van der Waals surface area contributed by atoms with Crippen LogP contribution in [0.15, 0.2) is 12.2 Å². The number of hydrogen-bond donors (Lipinski definition) is 0. The predicted octanol–water partition coefficient (Wildman–Crippen LogP) is 6.12. The lowest BCUT2D eigenvalue weighted by molar-refractivity contribution is -0.131. The summed E-state index contributed by atoms with van der Waals surface area (Å²) in [5.41, 5.74) is -1.33. The first kappa shape index (κ1) is 20.3. The number of Topliss-reactive ketones (excluding diaryl/α,β-unsaturated/α-hetero) is 2. The van der Waals surface area contributed by atoms with Crippen molar-refractivity contribution in [3.8, 4) is 0 Å². The Morgan fingerprint density at radius 1 is 0.731 bits per heavy atom. The summed E-state index contributed by atoms with van der Waals surface area (Å²) in [6.07, 6.45) is 8.25. The number of rotatable bonds is 2. The Labute approximate surface area is 189 Å². The molecule has 144 valence electrons. The van der Waals surface area contributed by atoms with Gasteiger partial charge in [0.05, 0.1) is 8.65 Å². The summed E-state index contributed by atoms with van der Waals surface area (Å²) >= 11 is 15.3. The molecule has 4 aliphatic carbocycles. The third-order valence-corrected chi connectivity index (χ3v) is 15.3. The van der Waals surface area contributed by atoms with Crippen LogP contribution in [0.25, 0.3) is 0 Å². The monoisotopic (exact) mass is 612 g/mol. The fraction of sp³-hybridized carbons (Fsp3) is 0.800. The van der Waals surface area contributed by atoms with Crippen LogP contribution in [-0.4, -0.2) is 29.9 Å². The zero-order valence-corrected chi connectivity index (χ0v) is 21.8. The smallest absolute Gasteiger partial charge is 0.157 e. The zero-order valence-electron chi connectivity index (χ0n) is 15.5. The van der Waals surface area contributed by atoms with Crippen LogP contribution in [0.1, 0.15) is 53.4 Å². The van der Waals surface area contributed by atoms with Gasteiger partial charge < -0.3 is 0 Å². The van der Waals surface area contributed by atoms with Gasteiger partial charge in [-0.3, -0.25) is 9.59 Å². The topological polar surface area (TPSA) is 34.1 Å². The van der Waals surface area contributed by atoms with Crippen LogP contribution in [0.2, 0.25) is 0 Å². The molecule has 0 spiro atoms. The lowest BCUT2D eigenvalue weighted by Crippen LogP contribution is -2.43. The zero-order chi connectivity index (χ0) is 19.6. The number of allylic oxidation sites excluding steroid dienone is 2. The molecular formula is C20H24Br4O2. The molecule has 0 unspecified atom stereocenters. The number of alkyl halides is 4.